The van der Waals surface area contributed by atoms with Gasteiger partial charge in [-0.05, 0) is 29.8 Å². The van der Waals surface area contributed by atoms with E-state index in [1.54, 1.807) is 0 Å². The zero-order chi connectivity index (χ0) is 14.9. The minimum atomic E-state index is -4.58. The molecule has 0 aliphatic rings. The minimum Gasteiger partial charge on any atom is -0.394 e. The molecule has 0 aliphatic heterocycles. The zero-order valence-electron chi connectivity index (χ0n) is 9.67. The second kappa shape index (κ2) is 5.12. The molecule has 1 aromatic carbocycles. The summed E-state index contributed by atoms with van der Waals surface area (Å²) in [6.45, 7) is 0. The Morgan fingerprint density at radius 3 is 2.60 bits per heavy atom. The second-order valence-corrected chi connectivity index (χ2v) is 4.10. The van der Waals surface area contributed by atoms with Gasteiger partial charge in [0.15, 0.2) is 5.82 Å². The van der Waals surface area contributed by atoms with Crippen molar-refractivity contribution in [3.63, 3.8) is 0 Å². The van der Waals surface area contributed by atoms with Crippen molar-refractivity contribution in [2.24, 2.45) is 0 Å². The van der Waals surface area contributed by atoms with Crippen molar-refractivity contribution in [1.82, 2.24) is 9.97 Å². The number of nitrogen functional groups attached to an aromatic ring is 1. The Morgan fingerprint density at radius 1 is 1.25 bits per heavy atom. The van der Waals surface area contributed by atoms with E-state index in [-0.39, 0.29) is 16.8 Å². The van der Waals surface area contributed by atoms with Gasteiger partial charge in [0.05, 0.1) is 23.1 Å². The number of nitrogens with one attached hydrogen (secondary N) is 1. The Morgan fingerprint density at radius 2 is 1.95 bits per heavy atom. The predicted octanol–water partition coefficient (Wildman–Crippen LogP) is 3.61. The zero-order valence-corrected chi connectivity index (χ0v) is 10.4. The fourth-order valence-electron chi connectivity index (χ4n) is 1.39. The van der Waals surface area contributed by atoms with Gasteiger partial charge in [-0.2, -0.15) is 18.2 Å². The molecule has 2 aromatic rings. The molecule has 0 spiro atoms. The lowest BCUT2D eigenvalue weighted by Crippen LogP contribution is -2.07. The Labute approximate surface area is 115 Å². The summed E-state index contributed by atoms with van der Waals surface area (Å²) < 4.78 is 51.2. The number of rotatable bonds is 2. The second-order valence-electron chi connectivity index (χ2n) is 3.76. The van der Waals surface area contributed by atoms with Gasteiger partial charge in [0.1, 0.15) is 5.82 Å². The Bertz CT molecular complexity index is 645. The van der Waals surface area contributed by atoms with Crippen molar-refractivity contribution in [1.29, 1.82) is 0 Å². The smallest absolute Gasteiger partial charge is 0.394 e. The van der Waals surface area contributed by atoms with Crippen molar-refractivity contribution >= 4 is 28.8 Å². The molecule has 0 atom stereocenters. The quantitative estimate of drug-likeness (QED) is 0.657. The van der Waals surface area contributed by atoms with Crippen molar-refractivity contribution in [2.45, 2.75) is 6.18 Å². The molecule has 0 saturated carbocycles. The average Bonchev–Trinajstić information content (AvgIpc) is 2.35. The summed E-state index contributed by atoms with van der Waals surface area (Å²) in [5, 5.41) is 2.19. The molecule has 20 heavy (non-hydrogen) atoms. The number of alkyl halides is 3. The van der Waals surface area contributed by atoms with Gasteiger partial charge in [-0.1, -0.05) is 0 Å². The number of hydrogen-bond donors (Lipinski definition) is 2. The molecule has 2 rings (SSSR count). The molecule has 3 N–H and O–H groups in total. The van der Waals surface area contributed by atoms with E-state index in [1.165, 1.54) is 0 Å². The van der Waals surface area contributed by atoms with Gasteiger partial charge in [-0.25, -0.2) is 9.37 Å². The molecule has 106 valence electrons. The van der Waals surface area contributed by atoms with Gasteiger partial charge in [0.25, 0.3) is 0 Å². The van der Waals surface area contributed by atoms with Crippen LogP contribution in [0.15, 0.2) is 24.4 Å². The van der Waals surface area contributed by atoms with Crippen LogP contribution in [0.2, 0.25) is 5.28 Å². The monoisotopic (exact) mass is 306 g/mol. The Hall–Kier alpha value is -2.09. The molecule has 4 nitrogen and oxygen atoms in total. The highest BCUT2D eigenvalue weighted by Crippen LogP contribution is 2.33. The summed E-state index contributed by atoms with van der Waals surface area (Å²) in [6.07, 6.45) is -3.43. The molecule has 0 fully saturated rings. The third-order valence-electron chi connectivity index (χ3n) is 2.33. The van der Waals surface area contributed by atoms with Crippen LogP contribution in [0.3, 0.4) is 0 Å². The number of halogens is 5. The van der Waals surface area contributed by atoms with E-state index < -0.39 is 23.2 Å². The van der Waals surface area contributed by atoms with Crippen LogP contribution >= 0.6 is 11.6 Å². The maximum atomic E-state index is 13.5. The molecular weight excluding hydrogens is 300 g/mol. The molecule has 9 heteroatoms. The van der Waals surface area contributed by atoms with Gasteiger partial charge >= 0.3 is 6.18 Å². The van der Waals surface area contributed by atoms with Gasteiger partial charge in [0.2, 0.25) is 5.28 Å². The summed E-state index contributed by atoms with van der Waals surface area (Å²) in [5.41, 5.74) is 4.12. The van der Waals surface area contributed by atoms with Crippen LogP contribution in [0.5, 0.6) is 0 Å². The van der Waals surface area contributed by atoms with Gasteiger partial charge in [-0.15, -0.1) is 0 Å². The van der Waals surface area contributed by atoms with Crippen molar-refractivity contribution < 1.29 is 17.6 Å². The fraction of sp³-hybridized carbons (Fsp3) is 0.0909. The van der Waals surface area contributed by atoms with E-state index in [9.17, 15) is 17.6 Å². The number of nitrogens with two attached hydrogens (primary N) is 1. The summed E-state index contributed by atoms with van der Waals surface area (Å²) in [6, 6.07) is 1.95. The van der Waals surface area contributed by atoms with Crippen LogP contribution < -0.4 is 11.1 Å². The number of nitrogens with zero attached hydrogens (tertiary/aromatic N) is 2. The standard InChI is InChI=1S/C11H7ClF4N4/c12-10-18-4-7(17)9(20-10)19-8-3-5(11(14,15)16)1-2-6(8)13/h1-4H,17H2,(H,18,19,20). The lowest BCUT2D eigenvalue weighted by atomic mass is 10.2. The molecule has 0 unspecified atom stereocenters. The topological polar surface area (TPSA) is 63.8 Å². The Balaban J connectivity index is 2.40. The normalized spacial score (nSPS) is 11.4. The first kappa shape index (κ1) is 14.3. The molecular formula is C11H7ClF4N4. The van der Waals surface area contributed by atoms with E-state index >= 15 is 0 Å². The first-order chi connectivity index (χ1) is 9.27. The summed E-state index contributed by atoms with van der Waals surface area (Å²) in [4.78, 5) is 7.25. The molecule has 0 amide bonds. The van der Waals surface area contributed by atoms with Crippen LogP contribution in [0, 0.1) is 5.82 Å². The maximum Gasteiger partial charge on any atom is 0.416 e. The Kier molecular flexibility index (Phi) is 3.67. The number of anilines is 3. The number of aromatic nitrogens is 2. The lowest BCUT2D eigenvalue weighted by Gasteiger charge is -2.12. The number of hydrogen-bond acceptors (Lipinski definition) is 4. The third kappa shape index (κ3) is 3.08. The van der Waals surface area contributed by atoms with Gasteiger partial charge < -0.3 is 11.1 Å². The summed E-state index contributed by atoms with van der Waals surface area (Å²) >= 11 is 5.54. The highest BCUT2D eigenvalue weighted by Gasteiger charge is 2.31. The summed E-state index contributed by atoms with van der Waals surface area (Å²) in [7, 11) is 0. The molecule has 0 bridgehead atoms. The van der Waals surface area contributed by atoms with E-state index in [0.29, 0.717) is 18.2 Å². The molecule has 1 heterocycles. The summed E-state index contributed by atoms with van der Waals surface area (Å²) in [5.74, 6) is -0.963. The highest BCUT2D eigenvalue weighted by molar-refractivity contribution is 6.28. The predicted molar refractivity (Wildman–Crippen MR) is 66.1 cm³/mol. The average molecular weight is 307 g/mol. The van der Waals surface area contributed by atoms with Crippen molar-refractivity contribution in [2.75, 3.05) is 11.1 Å². The van der Waals surface area contributed by atoms with Gasteiger partial charge in [-0.3, -0.25) is 0 Å². The largest absolute Gasteiger partial charge is 0.416 e. The van der Waals surface area contributed by atoms with E-state index in [4.69, 9.17) is 17.3 Å². The molecule has 0 saturated heterocycles. The van der Waals surface area contributed by atoms with E-state index in [2.05, 4.69) is 15.3 Å². The van der Waals surface area contributed by atoms with E-state index in [0.717, 1.165) is 6.20 Å². The number of benzene rings is 1. The van der Waals surface area contributed by atoms with Crippen molar-refractivity contribution in [3.8, 4) is 0 Å². The first-order valence-electron chi connectivity index (χ1n) is 5.19. The van der Waals surface area contributed by atoms with Gasteiger partial charge in [0, 0.05) is 0 Å². The van der Waals surface area contributed by atoms with E-state index in [1.807, 2.05) is 0 Å². The molecule has 1 aromatic heterocycles. The molecule has 0 aliphatic carbocycles. The SMILES string of the molecule is Nc1cnc(Cl)nc1Nc1cc(C(F)(F)F)ccc1F. The van der Waals surface area contributed by atoms with Crippen LogP contribution in [0.1, 0.15) is 5.56 Å². The van der Waals surface area contributed by atoms with Crippen LogP contribution in [-0.2, 0) is 6.18 Å². The van der Waals surface area contributed by atoms with Crippen LogP contribution in [-0.4, -0.2) is 9.97 Å². The van der Waals surface area contributed by atoms with Crippen LogP contribution in [0.25, 0.3) is 0 Å². The third-order valence-corrected chi connectivity index (χ3v) is 2.52. The highest BCUT2D eigenvalue weighted by atomic mass is 35.5. The lowest BCUT2D eigenvalue weighted by molar-refractivity contribution is -0.137. The van der Waals surface area contributed by atoms with Crippen molar-refractivity contribution in [3.05, 3.63) is 41.1 Å². The minimum absolute atomic E-state index is 0.0196. The first-order valence-corrected chi connectivity index (χ1v) is 5.57. The fourth-order valence-corrected chi connectivity index (χ4v) is 1.53. The molecule has 0 radical (unpaired) electrons. The van der Waals surface area contributed by atoms with Crippen LogP contribution in [0.4, 0.5) is 34.8 Å². The maximum absolute atomic E-state index is 13.5.